The number of ether oxygens (including phenoxy) is 1. The van der Waals surface area contributed by atoms with Gasteiger partial charge in [0.05, 0.1) is 6.61 Å². The van der Waals surface area contributed by atoms with Gasteiger partial charge in [-0.05, 0) is 37.6 Å². The molecule has 0 bridgehead atoms. The molecule has 0 aliphatic heterocycles. The molecule has 0 aliphatic rings. The molecule has 0 saturated heterocycles. The van der Waals surface area contributed by atoms with Crippen molar-refractivity contribution in [1.82, 2.24) is 0 Å². The number of Topliss-reactive ketones (excluding diaryl/α,β-unsaturated/α-hetero) is 1. The van der Waals surface area contributed by atoms with E-state index in [0.717, 1.165) is 13.0 Å². The van der Waals surface area contributed by atoms with Crippen LogP contribution >= 0.6 is 0 Å². The van der Waals surface area contributed by atoms with Crippen molar-refractivity contribution < 1.29 is 29.0 Å². The van der Waals surface area contributed by atoms with Crippen LogP contribution in [0.4, 0.5) is 0 Å². The molecule has 130 valence electrons. The molecular weight excluding hydrogens is 328 g/mol. The van der Waals surface area contributed by atoms with Crippen LogP contribution in [-0.2, 0) is 0 Å². The second-order valence-corrected chi connectivity index (χ2v) is 5.05. The van der Waals surface area contributed by atoms with Gasteiger partial charge < -0.3 is 19.4 Å². The number of hydrogen-bond acceptors (Lipinski definition) is 7. The topological polar surface area (TPSA) is 114 Å². The highest BCUT2D eigenvalue weighted by Gasteiger charge is 2.25. The number of carbonyl (C=O) groups excluding carboxylic acids is 2. The minimum Gasteiger partial charge on any atom is -0.506 e. The first-order chi connectivity index (χ1) is 11.8. The molecule has 2 aromatic rings. The van der Waals surface area contributed by atoms with Crippen molar-refractivity contribution in [2.24, 2.45) is 0 Å². The molecular formula is C18H16O7. The van der Waals surface area contributed by atoms with E-state index in [2.05, 4.69) is 4.42 Å². The molecule has 2 N–H and O–H groups in total. The molecule has 1 heterocycles. The maximum atomic E-state index is 12.2. The highest BCUT2D eigenvalue weighted by molar-refractivity contribution is 6.12. The predicted octanol–water partition coefficient (Wildman–Crippen LogP) is 2.55. The second-order valence-electron chi connectivity index (χ2n) is 5.05. The standard InChI is InChI=1S/C18H16O7/c1-3-24-12-7-4-11(5-8-12)6-9-13(20)15-16(21)14(10(2)19)17(22)25-18(15)23/h4-9,21,23H,3H2,1-2H3/b9-6-. The van der Waals surface area contributed by atoms with Gasteiger partial charge in [-0.2, -0.15) is 0 Å². The maximum absolute atomic E-state index is 12.2. The summed E-state index contributed by atoms with van der Waals surface area (Å²) in [5, 5.41) is 19.6. The molecule has 0 spiro atoms. The fourth-order valence-corrected chi connectivity index (χ4v) is 2.14. The van der Waals surface area contributed by atoms with Gasteiger partial charge in [0, 0.05) is 0 Å². The summed E-state index contributed by atoms with van der Waals surface area (Å²) in [6.07, 6.45) is 2.52. The minimum atomic E-state index is -1.21. The molecule has 0 atom stereocenters. The van der Waals surface area contributed by atoms with Crippen LogP contribution in [0.3, 0.4) is 0 Å². The number of benzene rings is 1. The number of carbonyl (C=O) groups is 2. The van der Waals surface area contributed by atoms with Crippen molar-refractivity contribution in [1.29, 1.82) is 0 Å². The van der Waals surface area contributed by atoms with Gasteiger partial charge in [0.1, 0.15) is 16.9 Å². The number of aromatic hydroxyl groups is 2. The van der Waals surface area contributed by atoms with E-state index in [1.54, 1.807) is 24.3 Å². The highest BCUT2D eigenvalue weighted by atomic mass is 16.5. The smallest absolute Gasteiger partial charge is 0.353 e. The van der Waals surface area contributed by atoms with Gasteiger partial charge in [-0.15, -0.1) is 0 Å². The lowest BCUT2D eigenvalue weighted by atomic mass is 10.1. The van der Waals surface area contributed by atoms with Crippen LogP contribution in [0.25, 0.3) is 6.08 Å². The summed E-state index contributed by atoms with van der Waals surface area (Å²) in [4.78, 5) is 35.1. The second kappa shape index (κ2) is 7.48. The molecule has 7 heteroatoms. The molecule has 1 aromatic carbocycles. The van der Waals surface area contributed by atoms with Gasteiger partial charge >= 0.3 is 5.63 Å². The summed E-state index contributed by atoms with van der Waals surface area (Å²) in [5.74, 6) is -2.88. The van der Waals surface area contributed by atoms with Crippen molar-refractivity contribution >= 4 is 17.6 Å². The highest BCUT2D eigenvalue weighted by Crippen LogP contribution is 2.29. The fourth-order valence-electron chi connectivity index (χ4n) is 2.14. The summed E-state index contributed by atoms with van der Waals surface area (Å²) >= 11 is 0. The quantitative estimate of drug-likeness (QED) is 0.611. The Morgan fingerprint density at radius 3 is 2.36 bits per heavy atom. The van der Waals surface area contributed by atoms with Gasteiger partial charge in [-0.3, -0.25) is 9.59 Å². The third kappa shape index (κ3) is 3.95. The summed E-state index contributed by atoms with van der Waals surface area (Å²) in [6.45, 7) is 3.43. The molecule has 0 aliphatic carbocycles. The lowest BCUT2D eigenvalue weighted by Crippen LogP contribution is -2.14. The van der Waals surface area contributed by atoms with Crippen LogP contribution in [0.5, 0.6) is 17.4 Å². The lowest BCUT2D eigenvalue weighted by molar-refractivity contribution is 0.100. The molecule has 0 fully saturated rings. The van der Waals surface area contributed by atoms with Crippen LogP contribution in [0.15, 0.2) is 39.6 Å². The van der Waals surface area contributed by atoms with E-state index < -0.39 is 40.0 Å². The third-order valence-corrected chi connectivity index (χ3v) is 3.30. The molecule has 0 amide bonds. The van der Waals surface area contributed by atoms with Crippen LogP contribution in [0.1, 0.15) is 40.1 Å². The first-order valence-corrected chi connectivity index (χ1v) is 7.40. The van der Waals surface area contributed by atoms with Gasteiger partial charge in [0.2, 0.25) is 0 Å². The van der Waals surface area contributed by atoms with Crippen LogP contribution in [-0.4, -0.2) is 28.4 Å². The molecule has 7 nitrogen and oxygen atoms in total. The molecule has 25 heavy (non-hydrogen) atoms. The van der Waals surface area contributed by atoms with Gasteiger partial charge in [-0.25, -0.2) is 4.79 Å². The van der Waals surface area contributed by atoms with Crippen molar-refractivity contribution in [3.05, 3.63) is 57.5 Å². The average Bonchev–Trinajstić information content (AvgIpc) is 2.53. The zero-order chi connectivity index (χ0) is 18.6. The Balaban J connectivity index is 2.33. The van der Waals surface area contributed by atoms with E-state index in [9.17, 15) is 24.6 Å². The Labute approximate surface area is 142 Å². The molecule has 2 rings (SSSR count). The maximum Gasteiger partial charge on any atom is 0.353 e. The molecule has 0 radical (unpaired) electrons. The zero-order valence-electron chi connectivity index (χ0n) is 13.6. The molecule has 1 aromatic heterocycles. The predicted molar refractivity (Wildman–Crippen MR) is 89.3 cm³/mol. The van der Waals surface area contributed by atoms with Crippen LogP contribution < -0.4 is 10.4 Å². The number of allylic oxidation sites excluding steroid dienone is 1. The third-order valence-electron chi connectivity index (χ3n) is 3.30. The van der Waals surface area contributed by atoms with E-state index in [1.165, 1.54) is 6.08 Å². The summed E-state index contributed by atoms with van der Waals surface area (Å²) in [7, 11) is 0. The van der Waals surface area contributed by atoms with E-state index in [0.29, 0.717) is 17.9 Å². The van der Waals surface area contributed by atoms with Crippen molar-refractivity contribution in [3.8, 4) is 17.4 Å². The van der Waals surface area contributed by atoms with E-state index in [1.807, 2.05) is 6.92 Å². The van der Waals surface area contributed by atoms with Crippen LogP contribution in [0, 0.1) is 0 Å². The Bertz CT molecular complexity index is 889. The Kier molecular flexibility index (Phi) is 5.38. The first-order valence-electron chi connectivity index (χ1n) is 7.40. The average molecular weight is 344 g/mol. The van der Waals surface area contributed by atoms with Crippen LogP contribution in [0.2, 0.25) is 0 Å². The van der Waals surface area contributed by atoms with Crippen molar-refractivity contribution in [2.75, 3.05) is 6.61 Å². The van der Waals surface area contributed by atoms with E-state index >= 15 is 0 Å². The Morgan fingerprint density at radius 2 is 1.80 bits per heavy atom. The number of hydrogen-bond donors (Lipinski definition) is 2. The molecule has 0 saturated carbocycles. The van der Waals surface area contributed by atoms with E-state index in [-0.39, 0.29) is 0 Å². The summed E-state index contributed by atoms with van der Waals surface area (Å²) < 4.78 is 9.75. The minimum absolute atomic E-state index is 0.532. The normalized spacial score (nSPS) is 10.8. The summed E-state index contributed by atoms with van der Waals surface area (Å²) in [6, 6.07) is 6.86. The van der Waals surface area contributed by atoms with Crippen molar-refractivity contribution in [2.45, 2.75) is 13.8 Å². The molecule has 0 unspecified atom stereocenters. The SMILES string of the molecule is CCOc1ccc(/C=C\C(=O)c2c(O)oc(=O)c(C(C)=O)c2O)cc1. The summed E-state index contributed by atoms with van der Waals surface area (Å²) in [5.41, 5.74) is -1.88. The number of rotatable bonds is 6. The van der Waals surface area contributed by atoms with Gasteiger partial charge in [0.15, 0.2) is 17.3 Å². The monoisotopic (exact) mass is 344 g/mol. The fraction of sp³-hybridized carbons (Fsp3) is 0.167. The van der Waals surface area contributed by atoms with Gasteiger partial charge in [-0.1, -0.05) is 18.2 Å². The van der Waals surface area contributed by atoms with E-state index in [4.69, 9.17) is 4.74 Å². The lowest BCUT2D eigenvalue weighted by Gasteiger charge is -2.05. The Morgan fingerprint density at radius 1 is 1.16 bits per heavy atom. The Hall–Kier alpha value is -3.35. The van der Waals surface area contributed by atoms with Crippen molar-refractivity contribution in [3.63, 3.8) is 0 Å². The largest absolute Gasteiger partial charge is 0.506 e. The van der Waals surface area contributed by atoms with Gasteiger partial charge in [0.25, 0.3) is 5.95 Å². The number of ketones is 2. The first kappa shape index (κ1) is 18.0. The zero-order valence-corrected chi connectivity index (χ0v) is 13.6.